The van der Waals surface area contributed by atoms with Gasteiger partial charge in [0.05, 0.1) is 11.0 Å². The maximum atomic E-state index is 12.1. The molecule has 1 saturated heterocycles. The van der Waals surface area contributed by atoms with Crippen LogP contribution in [0.1, 0.15) is 19.3 Å². The van der Waals surface area contributed by atoms with E-state index in [1.54, 1.807) is 6.08 Å². The molecule has 0 aromatic carbocycles. The van der Waals surface area contributed by atoms with Crippen LogP contribution in [0.25, 0.3) is 0 Å². The van der Waals surface area contributed by atoms with E-state index in [-0.39, 0.29) is 6.10 Å². The number of hydrogen-bond donors (Lipinski definition) is 1. The molecule has 2 rings (SSSR count). The molecule has 0 amide bonds. The van der Waals surface area contributed by atoms with E-state index < -0.39 is 10.0 Å². The van der Waals surface area contributed by atoms with E-state index in [0.717, 1.165) is 23.0 Å². The molecule has 1 N–H and O–H groups in total. The molecule has 6 heteroatoms. The Bertz CT molecular complexity index is 487. The zero-order valence-electron chi connectivity index (χ0n) is 9.93. The van der Waals surface area contributed by atoms with Crippen molar-refractivity contribution in [3.05, 3.63) is 32.8 Å². The fourth-order valence-electron chi connectivity index (χ4n) is 1.88. The number of sulfonamides is 1. The molecule has 1 fully saturated rings. The number of nitrogens with one attached hydrogen (secondary N) is 1. The first kappa shape index (κ1) is 14.2. The zero-order chi connectivity index (χ0) is 13.0. The van der Waals surface area contributed by atoms with Crippen molar-refractivity contribution < 1.29 is 13.2 Å². The number of rotatable bonds is 4. The van der Waals surface area contributed by atoms with Crippen molar-refractivity contribution in [1.82, 2.24) is 4.72 Å². The van der Waals surface area contributed by atoms with E-state index >= 15 is 0 Å². The van der Waals surface area contributed by atoms with Crippen LogP contribution in [0.15, 0.2) is 32.8 Å². The Labute approximate surface area is 121 Å². The van der Waals surface area contributed by atoms with Crippen LogP contribution in [-0.4, -0.2) is 27.7 Å². The van der Waals surface area contributed by atoms with Crippen LogP contribution in [0.4, 0.5) is 0 Å². The van der Waals surface area contributed by atoms with Crippen molar-refractivity contribution in [1.29, 1.82) is 0 Å². The standard InChI is InChI=1S/C12H16INO3S/c13-10-3-1-5-12(7-6-10)18(15,16)14-9-11-4-2-8-17-11/h1,3,6-7,11,14H,2,4-5,8-9H2. The first-order chi connectivity index (χ1) is 8.58. The average Bonchev–Trinajstić information content (AvgIpc) is 2.75. The maximum Gasteiger partial charge on any atom is 0.237 e. The fraction of sp³-hybridized carbons (Fsp3) is 0.500. The number of allylic oxidation sites excluding steroid dienone is 6. The summed E-state index contributed by atoms with van der Waals surface area (Å²) in [5, 5.41) is 0. The van der Waals surface area contributed by atoms with Gasteiger partial charge in [-0.1, -0.05) is 12.2 Å². The molecule has 0 aromatic rings. The molecule has 1 aliphatic heterocycles. The molecule has 0 radical (unpaired) electrons. The number of halogens is 1. The molecule has 0 spiro atoms. The highest BCUT2D eigenvalue weighted by atomic mass is 127. The predicted molar refractivity (Wildman–Crippen MR) is 79.8 cm³/mol. The third-order valence-electron chi connectivity index (χ3n) is 2.89. The van der Waals surface area contributed by atoms with Gasteiger partial charge in [-0.05, 0) is 47.6 Å². The minimum Gasteiger partial charge on any atom is -0.377 e. The molecule has 1 heterocycles. The Morgan fingerprint density at radius 3 is 3.00 bits per heavy atom. The lowest BCUT2D eigenvalue weighted by Gasteiger charge is -2.12. The summed E-state index contributed by atoms with van der Waals surface area (Å²) in [7, 11) is -3.39. The van der Waals surface area contributed by atoms with Gasteiger partial charge in [0.25, 0.3) is 0 Å². The van der Waals surface area contributed by atoms with Crippen molar-refractivity contribution in [2.24, 2.45) is 0 Å². The smallest absolute Gasteiger partial charge is 0.237 e. The second kappa shape index (κ2) is 6.31. The van der Waals surface area contributed by atoms with Gasteiger partial charge >= 0.3 is 0 Å². The van der Waals surface area contributed by atoms with E-state index in [4.69, 9.17) is 4.74 Å². The van der Waals surface area contributed by atoms with Crippen LogP contribution < -0.4 is 4.72 Å². The van der Waals surface area contributed by atoms with Crippen LogP contribution in [0.2, 0.25) is 0 Å². The van der Waals surface area contributed by atoms with Gasteiger partial charge in [-0.15, -0.1) is 0 Å². The van der Waals surface area contributed by atoms with Crippen molar-refractivity contribution in [2.75, 3.05) is 13.2 Å². The van der Waals surface area contributed by atoms with E-state index in [2.05, 4.69) is 27.3 Å². The summed E-state index contributed by atoms with van der Waals surface area (Å²) in [6.45, 7) is 1.10. The quantitative estimate of drug-likeness (QED) is 0.761. The van der Waals surface area contributed by atoms with Gasteiger partial charge in [-0.3, -0.25) is 0 Å². The SMILES string of the molecule is O=S(=O)(NCC1CCCO1)C1=CC=C(I)C=CC1. The summed E-state index contributed by atoms with van der Waals surface area (Å²) >= 11 is 2.17. The molecule has 100 valence electrons. The summed E-state index contributed by atoms with van der Waals surface area (Å²) in [6, 6.07) is 0. The Kier molecular flexibility index (Phi) is 4.99. The number of hydrogen-bond acceptors (Lipinski definition) is 3. The molecular weight excluding hydrogens is 365 g/mol. The van der Waals surface area contributed by atoms with Crippen LogP contribution >= 0.6 is 22.6 Å². The molecule has 1 unspecified atom stereocenters. The zero-order valence-corrected chi connectivity index (χ0v) is 12.9. The molecule has 0 saturated carbocycles. The fourth-order valence-corrected chi connectivity index (χ4v) is 3.47. The first-order valence-electron chi connectivity index (χ1n) is 5.92. The van der Waals surface area contributed by atoms with Crippen LogP contribution in [0.3, 0.4) is 0 Å². The lowest BCUT2D eigenvalue weighted by molar-refractivity contribution is 0.114. The molecule has 18 heavy (non-hydrogen) atoms. The monoisotopic (exact) mass is 381 g/mol. The summed E-state index contributed by atoms with van der Waals surface area (Å²) in [5.74, 6) is 0. The predicted octanol–water partition coefficient (Wildman–Crippen LogP) is 2.25. The minimum absolute atomic E-state index is 0.0253. The second-order valence-electron chi connectivity index (χ2n) is 4.28. The number of ether oxygens (including phenoxy) is 1. The Morgan fingerprint density at radius 2 is 2.28 bits per heavy atom. The second-order valence-corrected chi connectivity index (χ2v) is 7.34. The van der Waals surface area contributed by atoms with Gasteiger partial charge in [-0.25, -0.2) is 13.1 Å². The van der Waals surface area contributed by atoms with Crippen LogP contribution in [0, 0.1) is 0 Å². The summed E-state index contributed by atoms with van der Waals surface area (Å²) < 4.78 is 33.3. The van der Waals surface area contributed by atoms with Gasteiger partial charge < -0.3 is 4.74 Å². The summed E-state index contributed by atoms with van der Waals surface area (Å²) in [5.41, 5.74) is 0. The highest BCUT2D eigenvalue weighted by molar-refractivity contribution is 14.1. The largest absolute Gasteiger partial charge is 0.377 e. The van der Waals surface area contributed by atoms with Gasteiger partial charge in [0.1, 0.15) is 0 Å². The van der Waals surface area contributed by atoms with Gasteiger partial charge in [-0.2, -0.15) is 0 Å². The molecule has 2 aliphatic rings. The summed E-state index contributed by atoms with van der Waals surface area (Å²) in [4.78, 5) is 0.406. The molecule has 1 aliphatic carbocycles. The minimum atomic E-state index is -3.39. The van der Waals surface area contributed by atoms with Crippen molar-refractivity contribution in [2.45, 2.75) is 25.4 Å². The Morgan fingerprint density at radius 1 is 1.44 bits per heavy atom. The first-order valence-corrected chi connectivity index (χ1v) is 8.48. The highest BCUT2D eigenvalue weighted by Gasteiger charge is 2.21. The van der Waals surface area contributed by atoms with Gasteiger partial charge in [0.15, 0.2) is 0 Å². The van der Waals surface area contributed by atoms with Crippen molar-refractivity contribution in [3.63, 3.8) is 0 Å². The maximum absolute atomic E-state index is 12.1. The van der Waals surface area contributed by atoms with E-state index in [1.165, 1.54) is 0 Å². The van der Waals surface area contributed by atoms with E-state index in [0.29, 0.717) is 17.9 Å². The molecular formula is C12H16INO3S. The van der Waals surface area contributed by atoms with Gasteiger partial charge in [0, 0.05) is 23.2 Å². The Hall–Kier alpha value is -0.180. The topological polar surface area (TPSA) is 55.4 Å². The van der Waals surface area contributed by atoms with Crippen molar-refractivity contribution in [3.8, 4) is 0 Å². The normalized spacial score (nSPS) is 24.6. The molecule has 0 bridgehead atoms. The van der Waals surface area contributed by atoms with Crippen LogP contribution in [-0.2, 0) is 14.8 Å². The van der Waals surface area contributed by atoms with E-state index in [1.807, 2.05) is 18.2 Å². The van der Waals surface area contributed by atoms with Gasteiger partial charge in [0.2, 0.25) is 10.0 Å². The molecule has 1 atom stereocenters. The average molecular weight is 381 g/mol. The molecule has 4 nitrogen and oxygen atoms in total. The Balaban J connectivity index is 1.99. The highest BCUT2D eigenvalue weighted by Crippen LogP contribution is 2.19. The third-order valence-corrected chi connectivity index (χ3v) is 5.15. The van der Waals surface area contributed by atoms with E-state index in [9.17, 15) is 8.42 Å². The lowest BCUT2D eigenvalue weighted by atomic mass is 10.2. The molecule has 0 aromatic heterocycles. The third kappa shape index (κ3) is 3.91. The lowest BCUT2D eigenvalue weighted by Crippen LogP contribution is -2.32. The summed E-state index contributed by atoms with van der Waals surface area (Å²) in [6.07, 6.45) is 9.66. The van der Waals surface area contributed by atoms with Crippen LogP contribution in [0.5, 0.6) is 0 Å². The van der Waals surface area contributed by atoms with Crippen molar-refractivity contribution >= 4 is 32.6 Å².